The largest absolute Gasteiger partial charge is 0.378 e. The average Bonchev–Trinajstić information content (AvgIpc) is 2.37. The zero-order chi connectivity index (χ0) is 15.5. The van der Waals surface area contributed by atoms with E-state index < -0.39 is 0 Å². The van der Waals surface area contributed by atoms with E-state index in [2.05, 4.69) is 10.2 Å². The number of carbonyl (C=O) groups excluding carboxylic acids is 1. The second kappa shape index (κ2) is 6.67. The third kappa shape index (κ3) is 4.61. The molecule has 1 fully saturated rings. The monoisotopic (exact) mass is 310 g/mol. The summed E-state index contributed by atoms with van der Waals surface area (Å²) in [5, 5.41) is 3.66. The first-order valence-electron chi connectivity index (χ1n) is 7.28. The van der Waals surface area contributed by atoms with Gasteiger partial charge in [-0.2, -0.15) is 0 Å². The summed E-state index contributed by atoms with van der Waals surface area (Å²) in [6.45, 7) is 9.08. The maximum Gasteiger partial charge on any atom is 0.224 e. The van der Waals surface area contributed by atoms with Gasteiger partial charge in [0.15, 0.2) is 0 Å². The van der Waals surface area contributed by atoms with Gasteiger partial charge in [0.25, 0.3) is 0 Å². The highest BCUT2D eigenvalue weighted by Gasteiger charge is 2.21. The Kier molecular flexibility index (Phi) is 5.12. The second-order valence-corrected chi connectivity index (χ2v) is 6.93. The van der Waals surface area contributed by atoms with Gasteiger partial charge in [-0.05, 0) is 17.5 Å². The number of ether oxygens (including phenoxy) is 1. The van der Waals surface area contributed by atoms with Crippen molar-refractivity contribution >= 4 is 28.9 Å². The van der Waals surface area contributed by atoms with Gasteiger partial charge in [-0.15, -0.1) is 0 Å². The van der Waals surface area contributed by atoms with E-state index in [1.807, 2.05) is 39.0 Å². The van der Waals surface area contributed by atoms with Gasteiger partial charge in [-0.3, -0.25) is 4.79 Å². The number of carbonyl (C=O) groups is 1. The summed E-state index contributed by atoms with van der Waals surface area (Å²) in [5.41, 5.74) is 1.63. The number of morpholine rings is 1. The third-order valence-corrected chi connectivity index (χ3v) is 3.58. The SMILES string of the molecule is CC(C)(C)CC(=O)Nc1cccc(Cl)c1N1CCOCC1. The van der Waals surface area contributed by atoms with Crippen molar-refractivity contribution < 1.29 is 9.53 Å². The molecule has 2 rings (SSSR count). The number of nitrogens with zero attached hydrogens (tertiary/aromatic N) is 1. The van der Waals surface area contributed by atoms with Crippen LogP contribution < -0.4 is 10.2 Å². The standard InChI is InChI=1S/C16H23ClN2O2/c1-16(2,3)11-14(20)18-13-6-4-5-12(17)15(13)19-7-9-21-10-8-19/h4-6H,7-11H2,1-3H3,(H,18,20). The third-order valence-electron chi connectivity index (χ3n) is 3.28. The summed E-state index contributed by atoms with van der Waals surface area (Å²) in [5.74, 6) is 0.0132. The van der Waals surface area contributed by atoms with E-state index in [1.165, 1.54) is 0 Å². The number of rotatable bonds is 3. The average molecular weight is 311 g/mol. The smallest absolute Gasteiger partial charge is 0.224 e. The van der Waals surface area contributed by atoms with E-state index in [0.717, 1.165) is 24.5 Å². The quantitative estimate of drug-likeness (QED) is 0.928. The zero-order valence-electron chi connectivity index (χ0n) is 12.9. The van der Waals surface area contributed by atoms with Crippen LogP contribution in [0.25, 0.3) is 0 Å². The van der Waals surface area contributed by atoms with Crippen LogP contribution in [0.2, 0.25) is 5.02 Å². The number of para-hydroxylation sites is 1. The number of halogens is 1. The van der Waals surface area contributed by atoms with Crippen LogP contribution in [0.1, 0.15) is 27.2 Å². The van der Waals surface area contributed by atoms with E-state index >= 15 is 0 Å². The molecule has 1 aliphatic heterocycles. The van der Waals surface area contributed by atoms with Crippen molar-refractivity contribution in [1.29, 1.82) is 0 Å². The molecule has 1 aliphatic rings. The van der Waals surface area contributed by atoms with Gasteiger partial charge in [0.1, 0.15) is 0 Å². The Morgan fingerprint density at radius 2 is 2.00 bits per heavy atom. The lowest BCUT2D eigenvalue weighted by atomic mass is 9.92. The molecular formula is C16H23ClN2O2. The molecule has 0 unspecified atom stereocenters. The fraction of sp³-hybridized carbons (Fsp3) is 0.562. The normalized spacial score (nSPS) is 15.9. The lowest BCUT2D eigenvalue weighted by Crippen LogP contribution is -2.37. The molecule has 0 radical (unpaired) electrons. The number of anilines is 2. The number of benzene rings is 1. The van der Waals surface area contributed by atoms with Crippen molar-refractivity contribution in [1.82, 2.24) is 0 Å². The summed E-state index contributed by atoms with van der Waals surface area (Å²) in [4.78, 5) is 14.3. The van der Waals surface area contributed by atoms with Gasteiger partial charge in [-0.25, -0.2) is 0 Å². The van der Waals surface area contributed by atoms with Crippen LogP contribution >= 0.6 is 11.6 Å². The van der Waals surface area contributed by atoms with Crippen LogP contribution in [0.5, 0.6) is 0 Å². The van der Waals surface area contributed by atoms with Crippen molar-refractivity contribution in [2.75, 3.05) is 36.5 Å². The molecular weight excluding hydrogens is 288 g/mol. The van der Waals surface area contributed by atoms with E-state index in [4.69, 9.17) is 16.3 Å². The van der Waals surface area contributed by atoms with Crippen molar-refractivity contribution in [3.8, 4) is 0 Å². The Morgan fingerprint density at radius 3 is 2.62 bits per heavy atom. The van der Waals surface area contributed by atoms with Crippen molar-refractivity contribution in [3.63, 3.8) is 0 Å². The highest BCUT2D eigenvalue weighted by molar-refractivity contribution is 6.34. The van der Waals surface area contributed by atoms with E-state index in [9.17, 15) is 4.79 Å². The van der Waals surface area contributed by atoms with Gasteiger partial charge < -0.3 is 15.0 Å². The first kappa shape index (κ1) is 16.1. The van der Waals surface area contributed by atoms with E-state index in [0.29, 0.717) is 24.7 Å². The molecule has 0 atom stereocenters. The predicted octanol–water partition coefficient (Wildman–Crippen LogP) is 3.55. The summed E-state index contributed by atoms with van der Waals surface area (Å²) in [7, 11) is 0. The molecule has 0 bridgehead atoms. The Hall–Kier alpha value is -1.26. The van der Waals surface area contributed by atoms with Gasteiger partial charge in [0.05, 0.1) is 29.6 Å². The molecule has 116 valence electrons. The molecule has 1 N–H and O–H groups in total. The number of nitrogens with one attached hydrogen (secondary N) is 1. The molecule has 1 aromatic carbocycles. The van der Waals surface area contributed by atoms with Crippen LogP contribution in [0, 0.1) is 5.41 Å². The van der Waals surface area contributed by atoms with Gasteiger partial charge >= 0.3 is 0 Å². The van der Waals surface area contributed by atoms with Crippen molar-refractivity contribution in [2.24, 2.45) is 5.41 Å². The second-order valence-electron chi connectivity index (χ2n) is 6.52. The number of amides is 1. The van der Waals surface area contributed by atoms with Crippen LogP contribution in [0.4, 0.5) is 11.4 Å². The molecule has 0 spiro atoms. The molecule has 1 saturated heterocycles. The fourth-order valence-corrected chi connectivity index (χ4v) is 2.69. The summed E-state index contributed by atoms with van der Waals surface area (Å²) in [6, 6.07) is 5.61. The van der Waals surface area contributed by atoms with Crippen LogP contribution in [0.15, 0.2) is 18.2 Å². The summed E-state index contributed by atoms with van der Waals surface area (Å²) < 4.78 is 5.38. The molecule has 1 heterocycles. The molecule has 5 heteroatoms. The van der Waals surface area contributed by atoms with Crippen molar-refractivity contribution in [2.45, 2.75) is 27.2 Å². The fourth-order valence-electron chi connectivity index (χ4n) is 2.40. The van der Waals surface area contributed by atoms with Gasteiger partial charge in [-0.1, -0.05) is 38.4 Å². The predicted molar refractivity (Wildman–Crippen MR) is 87.2 cm³/mol. The molecule has 0 aliphatic carbocycles. The lowest BCUT2D eigenvalue weighted by molar-refractivity contribution is -0.117. The Balaban J connectivity index is 2.19. The minimum Gasteiger partial charge on any atom is -0.378 e. The molecule has 0 saturated carbocycles. The van der Waals surface area contributed by atoms with Crippen LogP contribution in [-0.4, -0.2) is 32.2 Å². The Labute approximate surface area is 131 Å². The van der Waals surface area contributed by atoms with Crippen LogP contribution in [0.3, 0.4) is 0 Å². The molecule has 1 aromatic rings. The molecule has 4 nitrogen and oxygen atoms in total. The Morgan fingerprint density at radius 1 is 1.33 bits per heavy atom. The van der Waals surface area contributed by atoms with Gasteiger partial charge in [0.2, 0.25) is 5.91 Å². The van der Waals surface area contributed by atoms with Gasteiger partial charge in [0, 0.05) is 19.5 Å². The minimum absolute atomic E-state index is 0.0132. The van der Waals surface area contributed by atoms with Crippen LogP contribution in [-0.2, 0) is 9.53 Å². The van der Waals surface area contributed by atoms with E-state index in [-0.39, 0.29) is 11.3 Å². The highest BCUT2D eigenvalue weighted by atomic mass is 35.5. The topological polar surface area (TPSA) is 41.6 Å². The zero-order valence-corrected chi connectivity index (χ0v) is 13.7. The lowest BCUT2D eigenvalue weighted by Gasteiger charge is -2.31. The molecule has 21 heavy (non-hydrogen) atoms. The maximum absolute atomic E-state index is 12.2. The van der Waals surface area contributed by atoms with E-state index in [1.54, 1.807) is 0 Å². The first-order chi connectivity index (χ1) is 9.87. The first-order valence-corrected chi connectivity index (χ1v) is 7.66. The molecule has 1 amide bonds. The number of hydrogen-bond donors (Lipinski definition) is 1. The number of hydrogen-bond acceptors (Lipinski definition) is 3. The minimum atomic E-state index is -0.0399. The maximum atomic E-state index is 12.2. The van der Waals surface area contributed by atoms with Crippen molar-refractivity contribution in [3.05, 3.63) is 23.2 Å². The molecule has 0 aromatic heterocycles. The Bertz CT molecular complexity index is 505. The summed E-state index contributed by atoms with van der Waals surface area (Å²) >= 11 is 6.35. The highest BCUT2D eigenvalue weighted by Crippen LogP contribution is 2.35. The summed E-state index contributed by atoms with van der Waals surface area (Å²) in [6.07, 6.45) is 0.474.